The minimum Gasteiger partial charge on any atom is -0.339 e. The third kappa shape index (κ3) is 4.52. The van der Waals surface area contributed by atoms with E-state index in [9.17, 15) is 9.59 Å². The summed E-state index contributed by atoms with van der Waals surface area (Å²) in [5, 5.41) is 2.83. The Balaban J connectivity index is 1.76. The number of hydrogen-bond acceptors (Lipinski definition) is 3. The first-order valence-corrected chi connectivity index (χ1v) is 10.3. The molecule has 1 aromatic carbocycles. The number of rotatable bonds is 5. The normalized spacial score (nSPS) is 22.0. The zero-order chi connectivity index (χ0) is 19.4. The Kier molecular flexibility index (Phi) is 6.20. The third-order valence-corrected chi connectivity index (χ3v) is 6.34. The van der Waals surface area contributed by atoms with Crippen LogP contribution in [0.2, 0.25) is 0 Å². The second kappa shape index (κ2) is 8.42. The van der Waals surface area contributed by atoms with E-state index in [0.717, 1.165) is 31.7 Å². The van der Waals surface area contributed by atoms with Crippen LogP contribution in [0.25, 0.3) is 0 Å². The van der Waals surface area contributed by atoms with Crippen LogP contribution in [-0.4, -0.2) is 46.3 Å². The van der Waals surface area contributed by atoms with Crippen LogP contribution in [0.3, 0.4) is 0 Å². The van der Waals surface area contributed by atoms with Crippen LogP contribution in [0.15, 0.2) is 24.3 Å². The molecule has 5 heteroatoms. The molecular formula is C22H33N3O2. The summed E-state index contributed by atoms with van der Waals surface area (Å²) in [6, 6.07) is 8.50. The molecule has 1 aromatic rings. The third-order valence-electron chi connectivity index (χ3n) is 6.34. The van der Waals surface area contributed by atoms with Gasteiger partial charge in [0.15, 0.2) is 0 Å². The van der Waals surface area contributed by atoms with Crippen molar-refractivity contribution in [2.75, 3.05) is 18.4 Å². The molecule has 0 aromatic heterocycles. The summed E-state index contributed by atoms with van der Waals surface area (Å²) in [6.45, 7) is 7.96. The standard InChI is InChI=1S/C22H33N3O2/c1-4-25(18(3)27)21-14-22(12-6-5-7-13-22)24(16-21)15-19-8-10-20(11-9-19)23-17(2)26/h8-11,21H,4-7,12-16H2,1-3H3,(H,23,26)/t21-/m0/s1. The van der Waals surface area contributed by atoms with E-state index in [-0.39, 0.29) is 17.4 Å². The average Bonchev–Trinajstić information content (AvgIpc) is 2.94. The topological polar surface area (TPSA) is 52.7 Å². The van der Waals surface area contributed by atoms with Gasteiger partial charge < -0.3 is 10.2 Å². The highest BCUT2D eigenvalue weighted by Gasteiger charge is 2.47. The van der Waals surface area contributed by atoms with Gasteiger partial charge in [-0.15, -0.1) is 0 Å². The molecule has 1 atom stereocenters. The molecule has 1 saturated heterocycles. The van der Waals surface area contributed by atoms with Crippen molar-refractivity contribution >= 4 is 17.5 Å². The van der Waals surface area contributed by atoms with Gasteiger partial charge in [-0.1, -0.05) is 31.4 Å². The number of nitrogens with one attached hydrogen (secondary N) is 1. The molecule has 2 amide bonds. The highest BCUT2D eigenvalue weighted by molar-refractivity contribution is 5.88. The summed E-state index contributed by atoms with van der Waals surface area (Å²) in [5.74, 6) is 0.144. The predicted molar refractivity (Wildman–Crippen MR) is 108 cm³/mol. The second-order valence-corrected chi connectivity index (χ2v) is 8.21. The van der Waals surface area contributed by atoms with Gasteiger partial charge in [0.2, 0.25) is 11.8 Å². The molecule has 148 valence electrons. The summed E-state index contributed by atoms with van der Waals surface area (Å²) < 4.78 is 0. The van der Waals surface area contributed by atoms with Crippen molar-refractivity contribution in [2.24, 2.45) is 0 Å². The fourth-order valence-electron chi connectivity index (χ4n) is 5.11. The number of carbonyl (C=O) groups is 2. The Morgan fingerprint density at radius 2 is 1.81 bits per heavy atom. The number of amides is 2. The highest BCUT2D eigenvalue weighted by Crippen LogP contribution is 2.43. The Morgan fingerprint density at radius 1 is 1.15 bits per heavy atom. The van der Waals surface area contributed by atoms with Crippen LogP contribution in [0, 0.1) is 0 Å². The van der Waals surface area contributed by atoms with Crippen molar-refractivity contribution in [3.63, 3.8) is 0 Å². The van der Waals surface area contributed by atoms with E-state index in [4.69, 9.17) is 0 Å². The van der Waals surface area contributed by atoms with Gasteiger partial charge in [-0.05, 0) is 43.9 Å². The first-order valence-electron chi connectivity index (χ1n) is 10.3. The first kappa shape index (κ1) is 19.9. The SMILES string of the molecule is CCN(C(C)=O)[C@@H]1CN(Cc2ccc(NC(C)=O)cc2)C2(CCCCC2)C1. The summed E-state index contributed by atoms with van der Waals surface area (Å²) >= 11 is 0. The fourth-order valence-corrected chi connectivity index (χ4v) is 5.11. The maximum atomic E-state index is 12.1. The van der Waals surface area contributed by atoms with E-state index >= 15 is 0 Å². The molecule has 0 unspecified atom stereocenters. The Hall–Kier alpha value is -1.88. The molecule has 2 aliphatic rings. The van der Waals surface area contributed by atoms with Gasteiger partial charge in [0, 0.05) is 50.7 Å². The zero-order valence-corrected chi connectivity index (χ0v) is 17.0. The van der Waals surface area contributed by atoms with Gasteiger partial charge in [0.05, 0.1) is 0 Å². The molecule has 1 saturated carbocycles. The molecule has 1 N–H and O–H groups in total. The van der Waals surface area contributed by atoms with E-state index in [1.165, 1.54) is 44.6 Å². The van der Waals surface area contributed by atoms with Crippen molar-refractivity contribution in [1.82, 2.24) is 9.80 Å². The van der Waals surface area contributed by atoms with Crippen LogP contribution in [0.4, 0.5) is 5.69 Å². The molecule has 1 aliphatic heterocycles. The van der Waals surface area contributed by atoms with Gasteiger partial charge in [0.1, 0.15) is 0 Å². The Morgan fingerprint density at radius 3 is 2.37 bits per heavy atom. The largest absolute Gasteiger partial charge is 0.339 e. The van der Waals surface area contributed by atoms with E-state index in [1.807, 2.05) is 12.1 Å². The second-order valence-electron chi connectivity index (χ2n) is 8.21. The first-order chi connectivity index (χ1) is 12.9. The van der Waals surface area contributed by atoms with Crippen LogP contribution in [0.1, 0.15) is 64.9 Å². The maximum Gasteiger partial charge on any atom is 0.221 e. The van der Waals surface area contributed by atoms with Crippen molar-refractivity contribution in [2.45, 2.75) is 77.4 Å². The van der Waals surface area contributed by atoms with Gasteiger partial charge >= 0.3 is 0 Å². The molecule has 5 nitrogen and oxygen atoms in total. The lowest BCUT2D eigenvalue weighted by atomic mass is 9.79. The molecule has 0 bridgehead atoms. The zero-order valence-electron chi connectivity index (χ0n) is 17.0. The Labute approximate surface area is 163 Å². The molecule has 1 heterocycles. The quantitative estimate of drug-likeness (QED) is 0.857. The summed E-state index contributed by atoms with van der Waals surface area (Å²) in [5.41, 5.74) is 2.34. The molecule has 27 heavy (non-hydrogen) atoms. The van der Waals surface area contributed by atoms with E-state index in [2.05, 4.69) is 34.2 Å². The maximum absolute atomic E-state index is 12.1. The van der Waals surface area contributed by atoms with Gasteiger partial charge in [-0.25, -0.2) is 0 Å². The number of nitrogens with zero attached hydrogens (tertiary/aromatic N) is 2. The summed E-state index contributed by atoms with van der Waals surface area (Å²) in [6.07, 6.45) is 7.49. The predicted octanol–water partition coefficient (Wildman–Crippen LogP) is 3.79. The molecule has 1 aliphatic carbocycles. The van der Waals surface area contributed by atoms with Crippen LogP contribution in [0.5, 0.6) is 0 Å². The minimum atomic E-state index is -0.0461. The molecule has 3 rings (SSSR count). The molecular weight excluding hydrogens is 338 g/mol. The van der Waals surface area contributed by atoms with Crippen LogP contribution in [-0.2, 0) is 16.1 Å². The number of hydrogen-bond donors (Lipinski definition) is 1. The summed E-state index contributed by atoms with van der Waals surface area (Å²) in [7, 11) is 0. The van der Waals surface area contributed by atoms with E-state index in [1.54, 1.807) is 6.92 Å². The van der Waals surface area contributed by atoms with Crippen molar-refractivity contribution in [3.8, 4) is 0 Å². The number of carbonyl (C=O) groups excluding carboxylic acids is 2. The van der Waals surface area contributed by atoms with Crippen molar-refractivity contribution < 1.29 is 9.59 Å². The number of benzene rings is 1. The van der Waals surface area contributed by atoms with Crippen molar-refractivity contribution in [3.05, 3.63) is 29.8 Å². The van der Waals surface area contributed by atoms with Gasteiger partial charge in [0.25, 0.3) is 0 Å². The van der Waals surface area contributed by atoms with Crippen LogP contribution < -0.4 is 5.32 Å². The average molecular weight is 372 g/mol. The van der Waals surface area contributed by atoms with Gasteiger partial charge in [-0.2, -0.15) is 0 Å². The highest BCUT2D eigenvalue weighted by atomic mass is 16.2. The van der Waals surface area contributed by atoms with E-state index in [0.29, 0.717) is 6.04 Å². The number of anilines is 1. The monoisotopic (exact) mass is 371 g/mol. The minimum absolute atomic E-state index is 0.0461. The lowest BCUT2D eigenvalue weighted by Crippen LogP contribution is -2.44. The molecule has 1 spiro atoms. The van der Waals surface area contributed by atoms with Crippen LogP contribution >= 0.6 is 0 Å². The summed E-state index contributed by atoms with van der Waals surface area (Å²) in [4.78, 5) is 28.0. The van der Waals surface area contributed by atoms with Crippen molar-refractivity contribution in [1.29, 1.82) is 0 Å². The number of likely N-dealkylation sites (tertiary alicyclic amines) is 1. The smallest absolute Gasteiger partial charge is 0.221 e. The number of likely N-dealkylation sites (N-methyl/N-ethyl adjacent to an activating group) is 1. The van der Waals surface area contributed by atoms with E-state index < -0.39 is 0 Å². The van der Waals surface area contributed by atoms with Gasteiger partial charge in [-0.3, -0.25) is 14.5 Å². The lowest BCUT2D eigenvalue weighted by molar-refractivity contribution is -0.130. The Bertz CT molecular complexity index is 665. The molecule has 2 fully saturated rings. The molecule has 0 radical (unpaired) electrons. The lowest BCUT2D eigenvalue weighted by Gasteiger charge is -2.41. The fraction of sp³-hybridized carbons (Fsp3) is 0.636.